The third kappa shape index (κ3) is 2.14. The number of likely N-dealkylation sites (tertiary alicyclic amines) is 1. The van der Waals surface area contributed by atoms with Crippen molar-refractivity contribution >= 4 is 5.91 Å². The Labute approximate surface area is 133 Å². The van der Waals surface area contributed by atoms with E-state index in [9.17, 15) is 9.59 Å². The maximum Gasteiger partial charge on any atom is 0.293 e. The first-order valence-electron chi connectivity index (χ1n) is 7.89. The predicted octanol–water partition coefficient (Wildman–Crippen LogP) is 1.73. The number of hydrogen-bond acceptors (Lipinski definition) is 4. The molecule has 3 heterocycles. The fraction of sp³-hybridized carbons (Fsp3) is 0.562. The van der Waals surface area contributed by atoms with Crippen LogP contribution in [0.25, 0.3) is 0 Å². The summed E-state index contributed by atoms with van der Waals surface area (Å²) in [5, 5.41) is 0. The number of nitrogens with zero attached hydrogens (tertiary/aromatic N) is 4. The SMILES string of the molecule is Cn1oc(C(=O)N2CC(C)(C)C2c2nccn2C2CC2)cc1=O. The molecule has 7 heteroatoms. The molecular formula is C16H20N4O3. The highest BCUT2D eigenvalue weighted by Crippen LogP contribution is 2.50. The van der Waals surface area contributed by atoms with Crippen molar-refractivity contribution in [2.45, 2.75) is 38.8 Å². The van der Waals surface area contributed by atoms with E-state index in [1.165, 1.54) is 13.1 Å². The van der Waals surface area contributed by atoms with Crippen molar-refractivity contribution in [1.82, 2.24) is 19.2 Å². The number of aromatic nitrogens is 3. The molecular weight excluding hydrogens is 296 g/mol. The lowest BCUT2D eigenvalue weighted by Crippen LogP contribution is -2.58. The first-order valence-corrected chi connectivity index (χ1v) is 7.89. The molecule has 4 rings (SSSR count). The van der Waals surface area contributed by atoms with Gasteiger partial charge in [-0.3, -0.25) is 9.59 Å². The molecule has 1 aliphatic heterocycles. The van der Waals surface area contributed by atoms with Crippen LogP contribution in [-0.4, -0.2) is 31.6 Å². The highest BCUT2D eigenvalue weighted by molar-refractivity contribution is 5.92. The average Bonchev–Trinajstić information content (AvgIpc) is 3.13. The summed E-state index contributed by atoms with van der Waals surface area (Å²) >= 11 is 0. The number of rotatable bonds is 3. The highest BCUT2D eigenvalue weighted by Gasteiger charge is 2.52. The Morgan fingerprint density at radius 1 is 1.39 bits per heavy atom. The third-order valence-corrected chi connectivity index (χ3v) is 4.79. The Kier molecular flexibility index (Phi) is 2.86. The molecule has 2 aromatic rings. The minimum absolute atomic E-state index is 0.0528. The minimum Gasteiger partial charge on any atom is -0.371 e. The van der Waals surface area contributed by atoms with Gasteiger partial charge in [-0.15, -0.1) is 0 Å². The smallest absolute Gasteiger partial charge is 0.293 e. The summed E-state index contributed by atoms with van der Waals surface area (Å²) < 4.78 is 8.50. The first kappa shape index (κ1) is 14.3. The Balaban J connectivity index is 1.67. The van der Waals surface area contributed by atoms with Crippen LogP contribution in [0.4, 0.5) is 0 Å². The predicted molar refractivity (Wildman–Crippen MR) is 82.0 cm³/mol. The normalized spacial score (nSPS) is 22.9. The van der Waals surface area contributed by atoms with E-state index in [0.29, 0.717) is 12.6 Å². The van der Waals surface area contributed by atoms with E-state index in [4.69, 9.17) is 4.52 Å². The number of aryl methyl sites for hydroxylation is 1. The van der Waals surface area contributed by atoms with Gasteiger partial charge in [0.2, 0.25) is 5.76 Å². The molecule has 122 valence electrons. The lowest BCUT2D eigenvalue weighted by atomic mass is 9.74. The molecule has 1 unspecified atom stereocenters. The van der Waals surface area contributed by atoms with E-state index in [1.807, 2.05) is 6.20 Å². The molecule has 0 N–H and O–H groups in total. The van der Waals surface area contributed by atoms with E-state index < -0.39 is 0 Å². The van der Waals surface area contributed by atoms with Crippen LogP contribution in [0.5, 0.6) is 0 Å². The van der Waals surface area contributed by atoms with Gasteiger partial charge < -0.3 is 14.0 Å². The zero-order valence-corrected chi connectivity index (χ0v) is 13.5. The Morgan fingerprint density at radius 3 is 2.70 bits per heavy atom. The maximum atomic E-state index is 12.7. The van der Waals surface area contributed by atoms with Crippen molar-refractivity contribution < 1.29 is 9.32 Å². The molecule has 2 aromatic heterocycles. The van der Waals surface area contributed by atoms with Crippen LogP contribution < -0.4 is 5.56 Å². The van der Waals surface area contributed by atoms with Gasteiger partial charge in [-0.1, -0.05) is 13.8 Å². The highest BCUT2D eigenvalue weighted by atomic mass is 16.5. The van der Waals surface area contributed by atoms with Gasteiger partial charge in [0.25, 0.3) is 11.5 Å². The number of hydrogen-bond donors (Lipinski definition) is 0. The Hall–Kier alpha value is -2.31. The maximum absolute atomic E-state index is 12.7. The fourth-order valence-electron chi connectivity index (χ4n) is 3.47. The van der Waals surface area contributed by atoms with Gasteiger partial charge in [0.15, 0.2) is 0 Å². The molecule has 0 radical (unpaired) electrons. The first-order chi connectivity index (χ1) is 10.9. The summed E-state index contributed by atoms with van der Waals surface area (Å²) in [6.07, 6.45) is 6.12. The minimum atomic E-state index is -0.316. The number of carbonyl (C=O) groups is 1. The van der Waals surface area contributed by atoms with Crippen molar-refractivity contribution in [2.24, 2.45) is 12.5 Å². The van der Waals surface area contributed by atoms with Crippen molar-refractivity contribution in [3.05, 3.63) is 40.4 Å². The Morgan fingerprint density at radius 2 is 2.13 bits per heavy atom. The Bertz CT molecular complexity index is 824. The second kappa shape index (κ2) is 4.59. The number of carbonyl (C=O) groups excluding carboxylic acids is 1. The molecule has 2 aliphatic rings. The topological polar surface area (TPSA) is 73.3 Å². The molecule has 0 spiro atoms. The van der Waals surface area contributed by atoms with Crippen LogP contribution in [0.3, 0.4) is 0 Å². The summed E-state index contributed by atoms with van der Waals surface area (Å²) in [4.78, 5) is 30.5. The molecule has 23 heavy (non-hydrogen) atoms. The van der Waals surface area contributed by atoms with Crippen molar-refractivity contribution in [2.75, 3.05) is 6.54 Å². The van der Waals surface area contributed by atoms with E-state index >= 15 is 0 Å². The summed E-state index contributed by atoms with van der Waals surface area (Å²) in [5.74, 6) is 0.760. The summed E-state index contributed by atoms with van der Waals surface area (Å²) in [6.45, 7) is 4.88. The number of amides is 1. The van der Waals surface area contributed by atoms with Gasteiger partial charge in [-0.25, -0.2) is 4.98 Å². The molecule has 1 atom stereocenters. The lowest BCUT2D eigenvalue weighted by Gasteiger charge is -2.53. The van der Waals surface area contributed by atoms with Crippen LogP contribution in [-0.2, 0) is 7.05 Å². The van der Waals surface area contributed by atoms with Crippen LogP contribution in [0.1, 0.15) is 55.2 Å². The second-order valence-corrected chi connectivity index (χ2v) is 7.18. The zero-order valence-electron chi connectivity index (χ0n) is 13.5. The van der Waals surface area contributed by atoms with Gasteiger partial charge >= 0.3 is 0 Å². The van der Waals surface area contributed by atoms with Crippen molar-refractivity contribution in [3.63, 3.8) is 0 Å². The van der Waals surface area contributed by atoms with Crippen molar-refractivity contribution in [3.8, 4) is 0 Å². The number of imidazole rings is 1. The summed E-state index contributed by atoms with van der Waals surface area (Å²) in [7, 11) is 1.50. The van der Waals surface area contributed by atoms with Crippen LogP contribution in [0, 0.1) is 5.41 Å². The molecule has 2 fully saturated rings. The second-order valence-electron chi connectivity index (χ2n) is 7.18. The molecule has 1 saturated heterocycles. The van der Waals surface area contributed by atoms with E-state index in [1.54, 1.807) is 11.1 Å². The zero-order chi connectivity index (χ0) is 16.4. The van der Waals surface area contributed by atoms with Gasteiger partial charge in [0.05, 0.1) is 12.1 Å². The summed E-state index contributed by atoms with van der Waals surface area (Å²) in [5.41, 5.74) is -0.368. The molecule has 7 nitrogen and oxygen atoms in total. The van der Waals surface area contributed by atoms with Gasteiger partial charge in [-0.2, -0.15) is 4.74 Å². The average molecular weight is 316 g/mol. The monoisotopic (exact) mass is 316 g/mol. The van der Waals surface area contributed by atoms with E-state index in [2.05, 4.69) is 23.4 Å². The van der Waals surface area contributed by atoms with Gasteiger partial charge in [0, 0.05) is 37.4 Å². The largest absolute Gasteiger partial charge is 0.371 e. The molecule has 0 aromatic carbocycles. The molecule has 0 bridgehead atoms. The standard InChI is InChI=1S/C16H20N4O3/c1-16(2)9-20(15(22)11-8-12(21)18(3)23-11)13(16)14-17-6-7-19(14)10-4-5-10/h6-8,10,13H,4-5,9H2,1-3H3. The third-order valence-electron chi connectivity index (χ3n) is 4.79. The van der Waals surface area contributed by atoms with Crippen LogP contribution >= 0.6 is 0 Å². The summed E-state index contributed by atoms with van der Waals surface area (Å²) in [6, 6.07) is 1.66. The van der Waals surface area contributed by atoms with E-state index in [-0.39, 0.29) is 28.7 Å². The van der Waals surface area contributed by atoms with Crippen molar-refractivity contribution in [1.29, 1.82) is 0 Å². The van der Waals surface area contributed by atoms with Gasteiger partial charge in [0.1, 0.15) is 5.82 Å². The van der Waals surface area contributed by atoms with Crippen LogP contribution in [0.2, 0.25) is 0 Å². The fourth-order valence-corrected chi connectivity index (χ4v) is 3.47. The van der Waals surface area contributed by atoms with E-state index in [0.717, 1.165) is 23.4 Å². The molecule has 1 aliphatic carbocycles. The lowest BCUT2D eigenvalue weighted by molar-refractivity contribution is -0.0404. The molecule has 1 amide bonds. The molecule has 1 saturated carbocycles. The van der Waals surface area contributed by atoms with Gasteiger partial charge in [-0.05, 0) is 12.8 Å². The van der Waals surface area contributed by atoms with Crippen LogP contribution in [0.15, 0.2) is 27.8 Å². The quantitative estimate of drug-likeness (QED) is 0.864.